The van der Waals surface area contributed by atoms with E-state index in [0.717, 1.165) is 5.39 Å². The van der Waals surface area contributed by atoms with Gasteiger partial charge >= 0.3 is 5.63 Å². The molecule has 0 saturated carbocycles. The Hall–Kier alpha value is -2.87. The van der Waals surface area contributed by atoms with Crippen LogP contribution in [0.5, 0.6) is 0 Å². The molecule has 1 N–H and O–H groups in total. The number of rotatable bonds is 2. The molecule has 1 amide bonds. The SMILES string of the molecule is Cc1cnc2n(c1=O)CC(C(=O)Nc1cc3ccccc3oc1=O)CS2. The Morgan fingerprint density at radius 3 is 3.00 bits per heavy atom. The van der Waals surface area contributed by atoms with Crippen LogP contribution in [0.3, 0.4) is 0 Å². The zero-order valence-electron chi connectivity index (χ0n) is 13.9. The van der Waals surface area contributed by atoms with Gasteiger partial charge in [0, 0.05) is 29.4 Å². The van der Waals surface area contributed by atoms with E-state index in [0.29, 0.717) is 22.1 Å². The Morgan fingerprint density at radius 1 is 1.35 bits per heavy atom. The summed E-state index contributed by atoms with van der Waals surface area (Å²) in [6, 6.07) is 8.69. The van der Waals surface area contributed by atoms with Crippen LogP contribution in [-0.2, 0) is 11.3 Å². The van der Waals surface area contributed by atoms with Crippen LogP contribution in [0.15, 0.2) is 55.7 Å². The molecule has 1 aliphatic heterocycles. The molecule has 0 bridgehead atoms. The molecule has 3 heterocycles. The molecule has 0 radical (unpaired) electrons. The largest absolute Gasteiger partial charge is 0.421 e. The molecule has 26 heavy (non-hydrogen) atoms. The minimum absolute atomic E-state index is 0.0965. The lowest BCUT2D eigenvalue weighted by atomic mass is 10.1. The highest BCUT2D eigenvalue weighted by Crippen LogP contribution is 2.26. The molecule has 0 saturated heterocycles. The van der Waals surface area contributed by atoms with Crippen LogP contribution in [-0.4, -0.2) is 21.2 Å². The molecule has 4 rings (SSSR count). The first kappa shape index (κ1) is 16.6. The van der Waals surface area contributed by atoms with Gasteiger partial charge < -0.3 is 9.73 Å². The van der Waals surface area contributed by atoms with E-state index in [1.165, 1.54) is 16.3 Å². The number of hydrogen-bond donors (Lipinski definition) is 1. The molecule has 1 atom stereocenters. The Morgan fingerprint density at radius 2 is 2.15 bits per heavy atom. The van der Waals surface area contributed by atoms with Crippen LogP contribution in [0.4, 0.5) is 5.69 Å². The number of aryl methyl sites for hydroxylation is 1. The molecular weight excluding hydrogens is 354 g/mol. The summed E-state index contributed by atoms with van der Waals surface area (Å²) in [7, 11) is 0. The fourth-order valence-electron chi connectivity index (χ4n) is 2.84. The summed E-state index contributed by atoms with van der Waals surface area (Å²) in [4.78, 5) is 41.2. The van der Waals surface area contributed by atoms with Crippen molar-refractivity contribution >= 4 is 34.3 Å². The predicted octanol–water partition coefficient (Wildman–Crippen LogP) is 2.02. The van der Waals surface area contributed by atoms with Crippen molar-refractivity contribution in [3.05, 3.63) is 62.9 Å². The number of benzene rings is 1. The Labute approximate surface area is 152 Å². The van der Waals surface area contributed by atoms with Crippen molar-refractivity contribution in [1.82, 2.24) is 9.55 Å². The average Bonchev–Trinajstić information content (AvgIpc) is 2.65. The van der Waals surface area contributed by atoms with E-state index in [-0.39, 0.29) is 23.7 Å². The van der Waals surface area contributed by atoms with Crippen molar-refractivity contribution in [2.24, 2.45) is 5.92 Å². The summed E-state index contributed by atoms with van der Waals surface area (Å²) in [6.07, 6.45) is 1.54. The van der Waals surface area contributed by atoms with Gasteiger partial charge in [0.15, 0.2) is 5.16 Å². The topological polar surface area (TPSA) is 94.2 Å². The van der Waals surface area contributed by atoms with Gasteiger partial charge in [-0.3, -0.25) is 14.2 Å². The third kappa shape index (κ3) is 2.92. The number of thioether (sulfide) groups is 1. The second-order valence-corrected chi connectivity index (χ2v) is 7.11. The molecule has 132 valence electrons. The highest BCUT2D eigenvalue weighted by atomic mass is 32.2. The van der Waals surface area contributed by atoms with Gasteiger partial charge in [0.25, 0.3) is 5.56 Å². The van der Waals surface area contributed by atoms with Crippen LogP contribution >= 0.6 is 11.8 Å². The average molecular weight is 369 g/mol. The summed E-state index contributed by atoms with van der Waals surface area (Å²) >= 11 is 1.35. The highest BCUT2D eigenvalue weighted by molar-refractivity contribution is 7.99. The second-order valence-electron chi connectivity index (χ2n) is 6.12. The van der Waals surface area contributed by atoms with E-state index in [1.807, 2.05) is 6.07 Å². The molecule has 8 heteroatoms. The number of anilines is 1. The molecule has 0 fully saturated rings. The number of hydrogen-bond acceptors (Lipinski definition) is 6. The smallest absolute Gasteiger partial charge is 0.360 e. The predicted molar refractivity (Wildman–Crippen MR) is 98.6 cm³/mol. The maximum Gasteiger partial charge on any atom is 0.360 e. The second kappa shape index (κ2) is 6.45. The van der Waals surface area contributed by atoms with Crippen molar-refractivity contribution in [3.63, 3.8) is 0 Å². The summed E-state index contributed by atoms with van der Waals surface area (Å²) in [6.45, 7) is 1.93. The van der Waals surface area contributed by atoms with Crippen molar-refractivity contribution in [3.8, 4) is 0 Å². The zero-order valence-corrected chi connectivity index (χ0v) is 14.7. The van der Waals surface area contributed by atoms with E-state index in [4.69, 9.17) is 4.42 Å². The third-order valence-corrected chi connectivity index (χ3v) is 5.42. The fourth-order valence-corrected chi connectivity index (χ4v) is 3.89. The van der Waals surface area contributed by atoms with Gasteiger partial charge in [-0.2, -0.15) is 0 Å². The lowest BCUT2D eigenvalue weighted by molar-refractivity contribution is -0.119. The fraction of sp³-hybridized carbons (Fsp3) is 0.222. The van der Waals surface area contributed by atoms with E-state index in [9.17, 15) is 14.4 Å². The molecule has 7 nitrogen and oxygen atoms in total. The molecular formula is C18H15N3O4S. The van der Waals surface area contributed by atoms with Gasteiger partial charge in [0.1, 0.15) is 11.3 Å². The van der Waals surface area contributed by atoms with E-state index in [2.05, 4.69) is 10.3 Å². The van der Waals surface area contributed by atoms with E-state index < -0.39 is 11.5 Å². The Bertz CT molecular complexity index is 1140. The first-order valence-electron chi connectivity index (χ1n) is 8.06. The first-order chi connectivity index (χ1) is 12.5. The number of fused-ring (bicyclic) bond motifs is 2. The quantitative estimate of drug-likeness (QED) is 0.549. The number of amides is 1. The number of carbonyl (C=O) groups is 1. The lowest BCUT2D eigenvalue weighted by Gasteiger charge is -2.24. The number of nitrogens with one attached hydrogen (secondary N) is 1. The zero-order chi connectivity index (χ0) is 18.3. The molecule has 3 aromatic rings. The number of para-hydroxylation sites is 1. The van der Waals surface area contributed by atoms with Crippen molar-refractivity contribution < 1.29 is 9.21 Å². The molecule has 2 aromatic heterocycles. The van der Waals surface area contributed by atoms with Crippen LogP contribution in [0.1, 0.15) is 5.56 Å². The van der Waals surface area contributed by atoms with Crippen LogP contribution in [0.25, 0.3) is 11.0 Å². The molecule has 0 spiro atoms. The lowest BCUT2D eigenvalue weighted by Crippen LogP contribution is -2.38. The van der Waals surface area contributed by atoms with Gasteiger partial charge in [-0.15, -0.1) is 0 Å². The standard InChI is InChI=1S/C18H15N3O4S/c1-10-7-19-18-21(16(10)23)8-12(9-26-18)15(22)20-13-6-11-4-2-3-5-14(11)25-17(13)24/h2-7,12H,8-9H2,1H3,(H,20,22). The van der Waals surface area contributed by atoms with Crippen LogP contribution in [0.2, 0.25) is 0 Å². The minimum atomic E-state index is -0.601. The van der Waals surface area contributed by atoms with Gasteiger partial charge in [-0.25, -0.2) is 9.78 Å². The van der Waals surface area contributed by atoms with Gasteiger partial charge in [-0.05, 0) is 19.1 Å². The van der Waals surface area contributed by atoms with Gasteiger partial charge in [0.2, 0.25) is 5.91 Å². The normalized spacial score (nSPS) is 16.3. The van der Waals surface area contributed by atoms with Gasteiger partial charge in [-0.1, -0.05) is 30.0 Å². The molecule has 1 unspecified atom stereocenters. The monoisotopic (exact) mass is 369 g/mol. The van der Waals surface area contributed by atoms with Crippen LogP contribution in [0, 0.1) is 12.8 Å². The number of aromatic nitrogens is 2. The Kier molecular flexibility index (Phi) is 4.12. The first-order valence-corrected chi connectivity index (χ1v) is 9.04. The van der Waals surface area contributed by atoms with Gasteiger partial charge in [0.05, 0.1) is 5.92 Å². The number of carbonyl (C=O) groups excluding carboxylic acids is 1. The maximum absolute atomic E-state index is 12.6. The van der Waals surface area contributed by atoms with E-state index in [1.54, 1.807) is 37.4 Å². The Balaban J connectivity index is 1.59. The van der Waals surface area contributed by atoms with Crippen molar-refractivity contribution in [1.29, 1.82) is 0 Å². The molecule has 1 aromatic carbocycles. The summed E-state index contributed by atoms with van der Waals surface area (Å²) in [5.41, 5.74) is 0.344. The summed E-state index contributed by atoms with van der Waals surface area (Å²) in [5, 5.41) is 3.97. The van der Waals surface area contributed by atoms with Crippen molar-refractivity contribution in [2.45, 2.75) is 18.6 Å². The molecule has 1 aliphatic rings. The summed E-state index contributed by atoms with van der Waals surface area (Å²) < 4.78 is 6.74. The highest BCUT2D eigenvalue weighted by Gasteiger charge is 2.27. The summed E-state index contributed by atoms with van der Waals surface area (Å²) in [5.74, 6) is -0.279. The maximum atomic E-state index is 12.6. The van der Waals surface area contributed by atoms with Crippen molar-refractivity contribution in [2.75, 3.05) is 11.1 Å². The third-order valence-electron chi connectivity index (χ3n) is 4.27. The van der Waals surface area contributed by atoms with E-state index >= 15 is 0 Å². The number of nitrogens with zero attached hydrogens (tertiary/aromatic N) is 2. The van der Waals surface area contributed by atoms with Crippen LogP contribution < -0.4 is 16.5 Å². The molecule has 0 aliphatic carbocycles. The minimum Gasteiger partial charge on any atom is -0.421 e.